The third-order valence-corrected chi connectivity index (χ3v) is 4.07. The van der Waals surface area contributed by atoms with Gasteiger partial charge in [-0.05, 0) is 24.0 Å². The van der Waals surface area contributed by atoms with Crippen LogP contribution in [0.2, 0.25) is 0 Å². The Morgan fingerprint density at radius 3 is 1.55 bits per heavy atom. The standard InChI is InChI=1S/C18H16N2/c1-3-7-15-13(5-1)9-11-19-17(15)18-16-8-4-2-6-14(16)10-12-20-18/h1-8H,9-12H2. The molecule has 2 heterocycles. The van der Waals surface area contributed by atoms with Crippen molar-refractivity contribution in [2.45, 2.75) is 12.8 Å². The van der Waals surface area contributed by atoms with Gasteiger partial charge in [-0.25, -0.2) is 0 Å². The molecule has 98 valence electrons. The molecule has 0 bridgehead atoms. The molecule has 20 heavy (non-hydrogen) atoms. The van der Waals surface area contributed by atoms with Crippen molar-refractivity contribution in [3.8, 4) is 0 Å². The Morgan fingerprint density at radius 2 is 1.05 bits per heavy atom. The number of rotatable bonds is 1. The van der Waals surface area contributed by atoms with Gasteiger partial charge in [0.05, 0.1) is 11.4 Å². The fourth-order valence-corrected chi connectivity index (χ4v) is 3.09. The van der Waals surface area contributed by atoms with E-state index in [1.807, 2.05) is 0 Å². The van der Waals surface area contributed by atoms with Crippen molar-refractivity contribution < 1.29 is 0 Å². The monoisotopic (exact) mass is 260 g/mol. The van der Waals surface area contributed by atoms with Crippen LogP contribution < -0.4 is 0 Å². The smallest absolute Gasteiger partial charge is 0.0907 e. The molecule has 0 saturated heterocycles. The zero-order valence-corrected chi connectivity index (χ0v) is 11.3. The van der Waals surface area contributed by atoms with E-state index in [2.05, 4.69) is 48.5 Å². The molecular formula is C18H16N2. The van der Waals surface area contributed by atoms with E-state index in [1.165, 1.54) is 22.3 Å². The minimum Gasteiger partial charge on any atom is -0.282 e. The topological polar surface area (TPSA) is 24.7 Å². The molecule has 0 N–H and O–H groups in total. The van der Waals surface area contributed by atoms with E-state index >= 15 is 0 Å². The van der Waals surface area contributed by atoms with Gasteiger partial charge in [-0.15, -0.1) is 0 Å². The zero-order chi connectivity index (χ0) is 13.4. The zero-order valence-electron chi connectivity index (χ0n) is 11.3. The summed E-state index contributed by atoms with van der Waals surface area (Å²) in [5.41, 5.74) is 7.47. The Morgan fingerprint density at radius 1 is 0.600 bits per heavy atom. The summed E-state index contributed by atoms with van der Waals surface area (Å²) in [6.45, 7) is 1.74. The molecule has 0 atom stereocenters. The predicted molar refractivity (Wildman–Crippen MR) is 83.1 cm³/mol. The van der Waals surface area contributed by atoms with Gasteiger partial charge in [-0.1, -0.05) is 48.5 Å². The first-order chi connectivity index (χ1) is 9.93. The van der Waals surface area contributed by atoms with Gasteiger partial charge in [0.1, 0.15) is 0 Å². The SMILES string of the molecule is c1ccc2c(c1)CCN=C2C1=NCCc2ccccc21. The van der Waals surface area contributed by atoms with Crippen LogP contribution in [0.5, 0.6) is 0 Å². The van der Waals surface area contributed by atoms with Crippen LogP contribution in [0.1, 0.15) is 22.3 Å². The number of benzene rings is 2. The molecule has 0 spiro atoms. The summed E-state index contributed by atoms with van der Waals surface area (Å²) in [6, 6.07) is 17.2. The summed E-state index contributed by atoms with van der Waals surface area (Å²) in [7, 11) is 0. The maximum absolute atomic E-state index is 4.78. The van der Waals surface area contributed by atoms with Gasteiger partial charge in [0.25, 0.3) is 0 Å². The highest BCUT2D eigenvalue weighted by molar-refractivity contribution is 6.54. The molecular weight excluding hydrogens is 244 g/mol. The van der Waals surface area contributed by atoms with E-state index in [-0.39, 0.29) is 0 Å². The lowest BCUT2D eigenvalue weighted by atomic mass is 9.88. The third-order valence-electron chi connectivity index (χ3n) is 4.07. The molecule has 2 aromatic carbocycles. The van der Waals surface area contributed by atoms with Crippen molar-refractivity contribution in [3.63, 3.8) is 0 Å². The van der Waals surface area contributed by atoms with Gasteiger partial charge in [-0.3, -0.25) is 9.98 Å². The van der Waals surface area contributed by atoms with Gasteiger partial charge in [0.2, 0.25) is 0 Å². The van der Waals surface area contributed by atoms with E-state index in [0.717, 1.165) is 37.4 Å². The largest absolute Gasteiger partial charge is 0.282 e. The quantitative estimate of drug-likeness (QED) is 0.753. The van der Waals surface area contributed by atoms with Crippen molar-refractivity contribution in [2.24, 2.45) is 9.98 Å². The number of aliphatic imine (C=N–C) groups is 2. The fourth-order valence-electron chi connectivity index (χ4n) is 3.09. The highest BCUT2D eigenvalue weighted by atomic mass is 14.8. The van der Waals surface area contributed by atoms with Crippen molar-refractivity contribution in [3.05, 3.63) is 70.8 Å². The van der Waals surface area contributed by atoms with Gasteiger partial charge in [-0.2, -0.15) is 0 Å². The second kappa shape index (κ2) is 4.71. The lowest BCUT2D eigenvalue weighted by Crippen LogP contribution is -2.26. The van der Waals surface area contributed by atoms with Crippen LogP contribution in [0.25, 0.3) is 0 Å². The second-order valence-corrected chi connectivity index (χ2v) is 5.27. The number of hydrogen-bond acceptors (Lipinski definition) is 2. The lowest BCUT2D eigenvalue weighted by Gasteiger charge is -2.22. The molecule has 2 nitrogen and oxygen atoms in total. The van der Waals surface area contributed by atoms with Crippen LogP contribution in [0, 0.1) is 0 Å². The van der Waals surface area contributed by atoms with E-state index in [1.54, 1.807) is 0 Å². The summed E-state index contributed by atoms with van der Waals surface area (Å²) >= 11 is 0. The fraction of sp³-hybridized carbons (Fsp3) is 0.222. The highest BCUT2D eigenvalue weighted by Gasteiger charge is 2.23. The highest BCUT2D eigenvalue weighted by Crippen LogP contribution is 2.23. The van der Waals surface area contributed by atoms with Crippen LogP contribution >= 0.6 is 0 Å². The van der Waals surface area contributed by atoms with Crippen LogP contribution in [0.15, 0.2) is 58.5 Å². The van der Waals surface area contributed by atoms with Gasteiger partial charge >= 0.3 is 0 Å². The van der Waals surface area contributed by atoms with Crippen LogP contribution in [-0.4, -0.2) is 24.5 Å². The van der Waals surface area contributed by atoms with Crippen LogP contribution in [0.3, 0.4) is 0 Å². The number of nitrogens with zero attached hydrogens (tertiary/aromatic N) is 2. The number of hydrogen-bond donors (Lipinski definition) is 0. The van der Waals surface area contributed by atoms with E-state index < -0.39 is 0 Å². The maximum Gasteiger partial charge on any atom is 0.0907 e. The Bertz CT molecular complexity index is 662. The molecule has 2 aromatic rings. The van der Waals surface area contributed by atoms with E-state index in [0.29, 0.717) is 0 Å². The molecule has 0 fully saturated rings. The summed E-state index contributed by atoms with van der Waals surface area (Å²) in [5.74, 6) is 0. The molecule has 0 aliphatic carbocycles. The molecule has 0 amide bonds. The normalized spacial score (nSPS) is 16.8. The molecule has 2 aliphatic rings. The van der Waals surface area contributed by atoms with E-state index in [4.69, 9.17) is 9.98 Å². The van der Waals surface area contributed by atoms with Crippen molar-refractivity contribution in [1.82, 2.24) is 0 Å². The molecule has 4 rings (SSSR count). The molecule has 0 unspecified atom stereocenters. The molecule has 0 aromatic heterocycles. The minimum absolute atomic E-state index is 0.869. The Hall–Kier alpha value is -2.22. The number of fused-ring (bicyclic) bond motifs is 2. The Balaban J connectivity index is 1.86. The van der Waals surface area contributed by atoms with Crippen LogP contribution in [-0.2, 0) is 12.8 Å². The molecule has 2 heteroatoms. The maximum atomic E-state index is 4.78. The summed E-state index contributed by atoms with van der Waals surface area (Å²) in [5, 5.41) is 0. The first kappa shape index (κ1) is 11.6. The first-order valence-corrected chi connectivity index (χ1v) is 7.19. The van der Waals surface area contributed by atoms with Gasteiger partial charge in [0, 0.05) is 24.2 Å². The average molecular weight is 260 g/mol. The van der Waals surface area contributed by atoms with Crippen molar-refractivity contribution in [2.75, 3.05) is 13.1 Å². The average Bonchev–Trinajstić information content (AvgIpc) is 2.54. The second-order valence-electron chi connectivity index (χ2n) is 5.27. The molecule has 2 aliphatic heterocycles. The van der Waals surface area contributed by atoms with Gasteiger partial charge < -0.3 is 0 Å². The van der Waals surface area contributed by atoms with Crippen LogP contribution in [0.4, 0.5) is 0 Å². The summed E-state index contributed by atoms with van der Waals surface area (Å²) < 4.78 is 0. The van der Waals surface area contributed by atoms with E-state index in [9.17, 15) is 0 Å². The predicted octanol–water partition coefficient (Wildman–Crippen LogP) is 3.08. The Kier molecular flexibility index (Phi) is 2.73. The van der Waals surface area contributed by atoms with Crippen molar-refractivity contribution in [1.29, 1.82) is 0 Å². The third kappa shape index (κ3) is 1.80. The summed E-state index contributed by atoms with van der Waals surface area (Å²) in [4.78, 5) is 9.56. The Labute approximate surface area is 118 Å². The van der Waals surface area contributed by atoms with Gasteiger partial charge in [0.15, 0.2) is 0 Å². The van der Waals surface area contributed by atoms with Crippen molar-refractivity contribution >= 4 is 11.4 Å². The lowest BCUT2D eigenvalue weighted by molar-refractivity contribution is 0.933. The molecule has 0 saturated carbocycles. The minimum atomic E-state index is 0.869. The first-order valence-electron chi connectivity index (χ1n) is 7.19. The molecule has 0 radical (unpaired) electrons. The summed E-state index contributed by atoms with van der Waals surface area (Å²) in [6.07, 6.45) is 2.07.